The molecule has 0 unspecified atom stereocenters. The van der Waals surface area contributed by atoms with Crippen LogP contribution in [0.3, 0.4) is 0 Å². The summed E-state index contributed by atoms with van der Waals surface area (Å²) < 4.78 is 5.09. The molecule has 0 aliphatic rings. The third-order valence-electron chi connectivity index (χ3n) is 1.53. The second kappa shape index (κ2) is 3.14. The quantitative estimate of drug-likeness (QED) is 0.699. The second-order valence-electron chi connectivity index (χ2n) is 2.53. The average molecular weight is 196 g/mol. The van der Waals surface area contributed by atoms with Crippen molar-refractivity contribution >= 4 is 11.6 Å². The normalized spacial score (nSPS) is 10.3. The van der Waals surface area contributed by atoms with Gasteiger partial charge in [0.05, 0.1) is 17.5 Å². The van der Waals surface area contributed by atoms with Gasteiger partial charge in [0.15, 0.2) is 5.15 Å². The lowest BCUT2D eigenvalue weighted by Gasteiger charge is -1.97. The Morgan fingerprint density at radius 1 is 1.38 bits per heavy atom. The lowest BCUT2D eigenvalue weighted by atomic mass is 10.3. The third-order valence-corrected chi connectivity index (χ3v) is 1.81. The number of nitrogens with zero attached hydrogens (tertiary/aromatic N) is 3. The van der Waals surface area contributed by atoms with Crippen molar-refractivity contribution in [3.63, 3.8) is 0 Å². The molecule has 0 saturated heterocycles. The Hall–Kier alpha value is -1.42. The van der Waals surface area contributed by atoms with E-state index in [0.717, 1.165) is 5.69 Å². The minimum atomic E-state index is 0.299. The van der Waals surface area contributed by atoms with Crippen molar-refractivity contribution in [3.8, 4) is 11.5 Å². The molecular weight excluding hydrogens is 190 g/mol. The number of oxazole rings is 1. The van der Waals surface area contributed by atoms with Crippen LogP contribution in [-0.2, 0) is 0 Å². The Morgan fingerprint density at radius 2 is 2.23 bits per heavy atom. The first-order chi connectivity index (χ1) is 6.27. The highest BCUT2D eigenvalue weighted by atomic mass is 35.5. The zero-order valence-corrected chi connectivity index (χ0v) is 7.62. The van der Waals surface area contributed by atoms with Crippen LogP contribution in [0.25, 0.3) is 11.5 Å². The predicted octanol–water partition coefficient (Wildman–Crippen LogP) is 2.09. The van der Waals surface area contributed by atoms with Gasteiger partial charge in [-0.1, -0.05) is 11.6 Å². The van der Waals surface area contributed by atoms with Crippen LogP contribution in [0.15, 0.2) is 22.9 Å². The van der Waals surface area contributed by atoms with Crippen LogP contribution in [0.1, 0.15) is 5.69 Å². The van der Waals surface area contributed by atoms with E-state index in [1.807, 2.05) is 6.92 Å². The van der Waals surface area contributed by atoms with Gasteiger partial charge in [0.1, 0.15) is 6.26 Å². The lowest BCUT2D eigenvalue weighted by Crippen LogP contribution is -1.90. The van der Waals surface area contributed by atoms with Gasteiger partial charge in [0, 0.05) is 0 Å². The molecule has 0 saturated carbocycles. The molecule has 2 aromatic rings. The Balaban J connectivity index is 2.57. The Bertz CT molecular complexity index is 413. The largest absolute Gasteiger partial charge is 0.444 e. The number of aromatic nitrogens is 3. The molecule has 0 aliphatic heterocycles. The molecule has 0 atom stereocenters. The zero-order chi connectivity index (χ0) is 9.26. The highest BCUT2D eigenvalue weighted by Gasteiger charge is 2.09. The molecule has 0 aliphatic carbocycles. The molecular formula is C8H6ClN3O. The van der Waals surface area contributed by atoms with Crippen molar-refractivity contribution in [1.29, 1.82) is 0 Å². The number of halogens is 1. The van der Waals surface area contributed by atoms with Gasteiger partial charge in [-0.05, 0) is 13.0 Å². The molecule has 0 fully saturated rings. The van der Waals surface area contributed by atoms with E-state index < -0.39 is 0 Å². The fraction of sp³-hybridized carbons (Fsp3) is 0.125. The van der Waals surface area contributed by atoms with Gasteiger partial charge in [0.2, 0.25) is 5.89 Å². The van der Waals surface area contributed by atoms with Gasteiger partial charge in [-0.15, -0.1) is 5.10 Å². The lowest BCUT2D eigenvalue weighted by molar-refractivity contribution is 0.574. The Labute approximate surface area is 79.6 Å². The molecule has 13 heavy (non-hydrogen) atoms. The Kier molecular flexibility index (Phi) is 1.98. The van der Waals surface area contributed by atoms with Crippen LogP contribution in [-0.4, -0.2) is 15.2 Å². The summed E-state index contributed by atoms with van der Waals surface area (Å²) in [7, 11) is 0. The van der Waals surface area contributed by atoms with E-state index in [1.165, 1.54) is 6.26 Å². The summed E-state index contributed by atoms with van der Waals surface area (Å²) in [5, 5.41) is 7.85. The van der Waals surface area contributed by atoms with E-state index in [1.54, 1.807) is 12.3 Å². The predicted molar refractivity (Wildman–Crippen MR) is 47.3 cm³/mol. The van der Waals surface area contributed by atoms with Crippen LogP contribution in [0.5, 0.6) is 0 Å². The third kappa shape index (κ3) is 1.53. The molecule has 0 spiro atoms. The van der Waals surface area contributed by atoms with Gasteiger partial charge in [-0.25, -0.2) is 4.98 Å². The van der Waals surface area contributed by atoms with Crippen molar-refractivity contribution in [2.24, 2.45) is 0 Å². The minimum Gasteiger partial charge on any atom is -0.444 e. The van der Waals surface area contributed by atoms with Crippen LogP contribution in [0, 0.1) is 6.92 Å². The number of aryl methyl sites for hydroxylation is 1. The van der Waals surface area contributed by atoms with E-state index in [2.05, 4.69) is 15.2 Å². The zero-order valence-electron chi connectivity index (χ0n) is 6.86. The first-order valence-electron chi connectivity index (χ1n) is 3.67. The number of hydrogen-bond donors (Lipinski definition) is 0. The van der Waals surface area contributed by atoms with Gasteiger partial charge in [-0.3, -0.25) is 0 Å². The van der Waals surface area contributed by atoms with Crippen LogP contribution in [0.4, 0.5) is 0 Å². The maximum absolute atomic E-state index is 5.81. The fourth-order valence-electron chi connectivity index (χ4n) is 0.980. The van der Waals surface area contributed by atoms with Crippen molar-refractivity contribution in [3.05, 3.63) is 29.4 Å². The first-order valence-corrected chi connectivity index (χ1v) is 4.05. The van der Waals surface area contributed by atoms with Crippen molar-refractivity contribution < 1.29 is 4.42 Å². The maximum Gasteiger partial charge on any atom is 0.229 e. The van der Waals surface area contributed by atoms with E-state index in [0.29, 0.717) is 16.6 Å². The van der Waals surface area contributed by atoms with Crippen LogP contribution < -0.4 is 0 Å². The molecule has 4 nitrogen and oxygen atoms in total. The van der Waals surface area contributed by atoms with Crippen molar-refractivity contribution in [2.45, 2.75) is 6.92 Å². The van der Waals surface area contributed by atoms with Gasteiger partial charge < -0.3 is 4.42 Å². The maximum atomic E-state index is 5.81. The summed E-state index contributed by atoms with van der Waals surface area (Å²) in [5.41, 5.74) is 1.44. The first kappa shape index (κ1) is 8.19. The highest BCUT2D eigenvalue weighted by Crippen LogP contribution is 2.23. The van der Waals surface area contributed by atoms with Gasteiger partial charge >= 0.3 is 0 Å². The summed E-state index contributed by atoms with van der Waals surface area (Å²) in [5.74, 6) is 0.461. The molecule has 0 bridgehead atoms. The van der Waals surface area contributed by atoms with Crippen molar-refractivity contribution in [2.75, 3.05) is 0 Å². The summed E-state index contributed by atoms with van der Waals surface area (Å²) >= 11 is 5.81. The fourth-order valence-corrected chi connectivity index (χ4v) is 1.15. The molecule has 5 heteroatoms. The van der Waals surface area contributed by atoms with Gasteiger partial charge in [-0.2, -0.15) is 5.10 Å². The van der Waals surface area contributed by atoms with Crippen LogP contribution >= 0.6 is 11.6 Å². The average Bonchev–Trinajstić information content (AvgIpc) is 2.61. The smallest absolute Gasteiger partial charge is 0.229 e. The summed E-state index contributed by atoms with van der Waals surface area (Å²) in [6.07, 6.45) is 3.04. The van der Waals surface area contributed by atoms with E-state index >= 15 is 0 Å². The molecule has 2 rings (SSSR count). The molecule has 0 amide bonds. The number of hydrogen-bond acceptors (Lipinski definition) is 4. The van der Waals surface area contributed by atoms with Crippen LogP contribution in [0.2, 0.25) is 5.15 Å². The van der Waals surface area contributed by atoms with E-state index in [-0.39, 0.29) is 0 Å². The molecule has 2 heterocycles. The molecule has 2 aromatic heterocycles. The monoisotopic (exact) mass is 195 g/mol. The molecule has 0 radical (unpaired) electrons. The summed E-state index contributed by atoms with van der Waals surface area (Å²) in [4.78, 5) is 3.97. The Morgan fingerprint density at radius 3 is 2.92 bits per heavy atom. The minimum absolute atomic E-state index is 0.299. The molecule has 0 aromatic carbocycles. The topological polar surface area (TPSA) is 51.8 Å². The SMILES string of the molecule is Cc1cc(-c2ncco2)c(Cl)nn1. The van der Waals surface area contributed by atoms with Gasteiger partial charge in [0.25, 0.3) is 0 Å². The van der Waals surface area contributed by atoms with E-state index in [4.69, 9.17) is 16.0 Å². The second-order valence-corrected chi connectivity index (χ2v) is 2.89. The van der Waals surface area contributed by atoms with E-state index in [9.17, 15) is 0 Å². The summed E-state index contributed by atoms with van der Waals surface area (Å²) in [6, 6.07) is 1.78. The summed E-state index contributed by atoms with van der Waals surface area (Å²) in [6.45, 7) is 1.83. The highest BCUT2D eigenvalue weighted by molar-refractivity contribution is 6.31. The van der Waals surface area contributed by atoms with Crippen molar-refractivity contribution in [1.82, 2.24) is 15.2 Å². The number of rotatable bonds is 1. The molecule has 66 valence electrons. The standard InChI is InChI=1S/C8H6ClN3O/c1-5-4-6(7(9)12-11-5)8-10-2-3-13-8/h2-4H,1H3. The molecule has 0 N–H and O–H groups in total.